The Morgan fingerprint density at radius 2 is 2.09 bits per heavy atom. The maximum absolute atomic E-state index is 10.2. The minimum Gasteiger partial charge on any atom is -0.466 e. The third-order valence-electron chi connectivity index (χ3n) is 1.04. The van der Waals surface area contributed by atoms with Crippen LogP contribution >= 0.6 is 0 Å². The molecule has 0 spiro atoms. The molecule has 0 bridgehead atoms. The molecule has 0 aliphatic rings. The van der Waals surface area contributed by atoms with E-state index in [4.69, 9.17) is 4.74 Å². The monoisotopic (exact) mass is 159 g/mol. The highest BCUT2D eigenvalue weighted by Crippen LogP contribution is 1.86. The summed E-state index contributed by atoms with van der Waals surface area (Å²) in [6.07, 6.45) is 1.77. The average molecular weight is 159 g/mol. The maximum atomic E-state index is 10.2. The van der Waals surface area contributed by atoms with E-state index >= 15 is 0 Å². The molecule has 0 aliphatic heterocycles. The number of carbonyl (C=O) groups is 1. The Morgan fingerprint density at radius 3 is 2.64 bits per heavy atom. The van der Waals surface area contributed by atoms with Gasteiger partial charge in [0.2, 0.25) is 0 Å². The third kappa shape index (κ3) is 9.43. The largest absolute Gasteiger partial charge is 0.466 e. The van der Waals surface area contributed by atoms with Crippen LogP contribution in [-0.4, -0.2) is 25.8 Å². The minimum atomic E-state index is -0.472. The molecule has 0 unspecified atom stereocenters. The molecule has 0 fully saturated rings. The van der Waals surface area contributed by atoms with Crippen molar-refractivity contribution in [3.8, 4) is 0 Å². The van der Waals surface area contributed by atoms with E-state index in [1.54, 1.807) is 0 Å². The summed E-state index contributed by atoms with van der Waals surface area (Å²) in [5, 5.41) is 0. The van der Waals surface area contributed by atoms with Crippen LogP contribution in [0.5, 0.6) is 0 Å². The minimum absolute atomic E-state index is 0.409. The molecule has 0 amide bonds. The van der Waals surface area contributed by atoms with Gasteiger partial charge in [0.1, 0.15) is 0 Å². The highest BCUT2D eigenvalue weighted by molar-refractivity contribution is 5.73. The molecule has 11 heavy (non-hydrogen) atoms. The van der Waals surface area contributed by atoms with Gasteiger partial charge in [-0.3, -0.25) is 4.79 Å². The molecule has 1 radical (unpaired) electrons. The summed E-state index contributed by atoms with van der Waals surface area (Å²) in [6.45, 7) is 6.96. The van der Waals surface area contributed by atoms with Crippen molar-refractivity contribution >= 4 is 5.97 Å². The van der Waals surface area contributed by atoms with Crippen molar-refractivity contribution in [2.24, 2.45) is 0 Å². The predicted octanol–water partition coefficient (Wildman–Crippen LogP) is 1.18. The fourth-order valence-corrected chi connectivity index (χ4v) is 0.593. The summed E-state index contributed by atoms with van der Waals surface area (Å²) < 4.78 is 9.74. The number of ether oxygens (including phenoxy) is 2. The fourth-order valence-electron chi connectivity index (χ4n) is 0.593. The van der Waals surface area contributed by atoms with Gasteiger partial charge in [-0.15, -0.1) is 0 Å². The van der Waals surface area contributed by atoms with Crippen LogP contribution in [0.25, 0.3) is 0 Å². The molecule has 0 aliphatic carbocycles. The predicted molar refractivity (Wildman–Crippen MR) is 42.0 cm³/mol. The number of hydrogen-bond donors (Lipinski definition) is 0. The Bertz CT molecular complexity index is 102. The van der Waals surface area contributed by atoms with E-state index in [2.05, 4.69) is 18.6 Å². The summed E-state index contributed by atoms with van der Waals surface area (Å²) in [5.74, 6) is -0.472. The molecule has 3 heteroatoms. The average Bonchev–Trinajstić information content (AvgIpc) is 1.96. The highest BCUT2D eigenvalue weighted by Gasteiger charge is 1.91. The molecule has 0 saturated heterocycles. The first-order valence-electron chi connectivity index (χ1n) is 3.83. The van der Waals surface area contributed by atoms with Crippen molar-refractivity contribution in [2.75, 3.05) is 19.8 Å². The van der Waals surface area contributed by atoms with Gasteiger partial charge in [-0.25, -0.2) is 0 Å². The lowest BCUT2D eigenvalue weighted by Crippen LogP contribution is -2.04. The standard InChI is InChI=1S/C8H15O3/c1-3-5-10-6-4-7-11-8(2)9/h2-7H2,1H3. The van der Waals surface area contributed by atoms with E-state index in [1.165, 1.54) is 0 Å². The maximum Gasteiger partial charge on any atom is 0.306 e. The lowest BCUT2D eigenvalue weighted by molar-refractivity contribution is -0.138. The Kier molecular flexibility index (Phi) is 7.15. The van der Waals surface area contributed by atoms with Crippen molar-refractivity contribution in [1.82, 2.24) is 0 Å². The first-order chi connectivity index (χ1) is 5.27. The Morgan fingerprint density at radius 1 is 1.36 bits per heavy atom. The summed E-state index contributed by atoms with van der Waals surface area (Å²) >= 11 is 0. The van der Waals surface area contributed by atoms with Crippen molar-refractivity contribution < 1.29 is 14.3 Å². The summed E-state index contributed by atoms with van der Waals surface area (Å²) in [6, 6.07) is 0. The van der Waals surface area contributed by atoms with Crippen LogP contribution in [-0.2, 0) is 14.3 Å². The SMILES string of the molecule is [CH2]C(=O)OCCCOCCC. The molecule has 0 heterocycles. The van der Waals surface area contributed by atoms with E-state index in [1.807, 2.05) is 0 Å². The van der Waals surface area contributed by atoms with E-state index < -0.39 is 5.97 Å². The molecular formula is C8H15O3. The van der Waals surface area contributed by atoms with E-state index in [0.29, 0.717) is 13.2 Å². The highest BCUT2D eigenvalue weighted by atomic mass is 16.5. The van der Waals surface area contributed by atoms with Gasteiger partial charge in [0.25, 0.3) is 0 Å². The number of hydrogen-bond acceptors (Lipinski definition) is 3. The molecule has 0 atom stereocenters. The molecule has 65 valence electrons. The molecule has 0 saturated carbocycles. The second kappa shape index (κ2) is 7.54. The normalized spacial score (nSPS) is 9.64. The topological polar surface area (TPSA) is 35.5 Å². The van der Waals surface area contributed by atoms with Crippen LogP contribution in [0.3, 0.4) is 0 Å². The van der Waals surface area contributed by atoms with Crippen molar-refractivity contribution in [2.45, 2.75) is 19.8 Å². The summed E-state index contributed by atoms with van der Waals surface area (Å²) in [5.41, 5.74) is 0. The Hall–Kier alpha value is -0.570. The van der Waals surface area contributed by atoms with Crippen LogP contribution in [0.4, 0.5) is 0 Å². The third-order valence-corrected chi connectivity index (χ3v) is 1.04. The van der Waals surface area contributed by atoms with Gasteiger partial charge in [0.05, 0.1) is 13.5 Å². The lowest BCUT2D eigenvalue weighted by Gasteiger charge is -2.02. The Labute approximate surface area is 67.7 Å². The van der Waals surface area contributed by atoms with Gasteiger partial charge in [-0.05, 0) is 6.42 Å². The lowest BCUT2D eigenvalue weighted by atomic mass is 10.5. The summed E-state index contributed by atoms with van der Waals surface area (Å²) in [4.78, 5) is 10.2. The van der Waals surface area contributed by atoms with E-state index in [-0.39, 0.29) is 0 Å². The van der Waals surface area contributed by atoms with Gasteiger partial charge in [-0.2, -0.15) is 0 Å². The van der Waals surface area contributed by atoms with Gasteiger partial charge in [0, 0.05) is 19.6 Å². The first-order valence-corrected chi connectivity index (χ1v) is 3.83. The molecule has 0 aromatic heterocycles. The van der Waals surface area contributed by atoms with Crippen LogP contribution in [0, 0.1) is 6.92 Å². The van der Waals surface area contributed by atoms with Gasteiger partial charge < -0.3 is 9.47 Å². The smallest absolute Gasteiger partial charge is 0.306 e. The van der Waals surface area contributed by atoms with Crippen molar-refractivity contribution in [1.29, 1.82) is 0 Å². The van der Waals surface area contributed by atoms with Crippen LogP contribution in [0.1, 0.15) is 19.8 Å². The number of esters is 1. The molecule has 3 nitrogen and oxygen atoms in total. The van der Waals surface area contributed by atoms with Gasteiger partial charge >= 0.3 is 5.97 Å². The molecule has 0 rings (SSSR count). The zero-order valence-electron chi connectivity index (χ0n) is 6.97. The first kappa shape index (κ1) is 10.4. The summed E-state index contributed by atoms with van der Waals surface area (Å²) in [7, 11) is 0. The van der Waals surface area contributed by atoms with E-state index in [0.717, 1.165) is 19.4 Å². The fraction of sp³-hybridized carbons (Fsp3) is 0.750. The Balaban J connectivity index is 2.85. The second-order valence-electron chi connectivity index (χ2n) is 2.19. The van der Waals surface area contributed by atoms with Crippen molar-refractivity contribution in [3.05, 3.63) is 6.92 Å². The zero-order chi connectivity index (χ0) is 8.53. The molecule has 0 N–H and O–H groups in total. The molecule has 0 aromatic rings. The van der Waals surface area contributed by atoms with Crippen LogP contribution in [0.2, 0.25) is 0 Å². The van der Waals surface area contributed by atoms with Gasteiger partial charge in [0.15, 0.2) is 0 Å². The van der Waals surface area contributed by atoms with E-state index in [9.17, 15) is 4.79 Å². The quantitative estimate of drug-likeness (QED) is 0.431. The second-order valence-corrected chi connectivity index (χ2v) is 2.19. The van der Waals surface area contributed by atoms with Crippen LogP contribution < -0.4 is 0 Å². The van der Waals surface area contributed by atoms with Gasteiger partial charge in [-0.1, -0.05) is 6.92 Å². The molecular weight excluding hydrogens is 144 g/mol. The zero-order valence-corrected chi connectivity index (χ0v) is 6.97. The van der Waals surface area contributed by atoms with Crippen LogP contribution in [0.15, 0.2) is 0 Å². The van der Waals surface area contributed by atoms with Crippen molar-refractivity contribution in [3.63, 3.8) is 0 Å². The number of rotatable bonds is 6. The number of carbonyl (C=O) groups excluding carboxylic acids is 1. The molecule has 0 aromatic carbocycles.